The summed E-state index contributed by atoms with van der Waals surface area (Å²) in [6.45, 7) is 34.6. The Hall–Kier alpha value is -4.24. The van der Waals surface area contributed by atoms with Crippen LogP contribution in [-0.4, -0.2) is 6.71 Å². The van der Waals surface area contributed by atoms with Crippen LogP contribution >= 0.6 is 0 Å². The fourth-order valence-electron chi connectivity index (χ4n) is 18.5. The van der Waals surface area contributed by atoms with Gasteiger partial charge in [0.1, 0.15) is 0 Å². The summed E-state index contributed by atoms with van der Waals surface area (Å²) in [6.07, 6.45) is 13.6. The van der Waals surface area contributed by atoms with Gasteiger partial charge in [0, 0.05) is 34.1 Å². The lowest BCUT2D eigenvalue weighted by atomic mass is 9.31. The maximum atomic E-state index is 2.86. The molecule has 2 nitrogen and oxygen atoms in total. The molecule has 7 fully saturated rings. The first-order valence-electron chi connectivity index (χ1n) is 28.7. The number of benzene rings is 5. The van der Waals surface area contributed by atoms with Gasteiger partial charge in [0.2, 0.25) is 0 Å². The molecule has 16 rings (SSSR count). The molecule has 2 aliphatic heterocycles. The number of anilines is 6. The third-order valence-corrected chi connectivity index (χ3v) is 22.6. The predicted octanol–water partition coefficient (Wildman–Crippen LogP) is 16.0. The van der Waals surface area contributed by atoms with Crippen molar-refractivity contribution >= 4 is 57.2 Å². The molecule has 71 heavy (non-hydrogen) atoms. The zero-order chi connectivity index (χ0) is 49.5. The first-order chi connectivity index (χ1) is 33.3. The molecule has 9 aliphatic carbocycles. The largest absolute Gasteiger partial charge is 0.311 e. The second-order valence-corrected chi connectivity index (χ2v) is 30.5. The van der Waals surface area contributed by atoms with Crippen molar-refractivity contribution in [3.8, 4) is 0 Å². The van der Waals surface area contributed by atoms with Crippen molar-refractivity contribution in [2.24, 2.45) is 41.4 Å². The monoisotopic (exact) mass is 939 g/mol. The summed E-state index contributed by atoms with van der Waals surface area (Å²) in [4.78, 5) is 5.61. The van der Waals surface area contributed by atoms with Crippen LogP contribution in [0.5, 0.6) is 0 Å². The molecule has 0 unspecified atom stereocenters. The normalized spacial score (nSPS) is 31.2. The highest BCUT2D eigenvalue weighted by atomic mass is 15.2. The molecule has 0 aromatic heterocycles. The Bertz CT molecular complexity index is 3030. The first kappa shape index (κ1) is 45.4. The van der Waals surface area contributed by atoms with Gasteiger partial charge in [-0.25, -0.2) is 0 Å². The average Bonchev–Trinajstić information content (AvgIpc) is 3.32. The van der Waals surface area contributed by atoms with E-state index in [1.165, 1.54) is 126 Å². The number of hydrogen-bond donors (Lipinski definition) is 0. The highest BCUT2D eigenvalue weighted by molar-refractivity contribution is 7.00. The number of hydrogen-bond acceptors (Lipinski definition) is 2. The molecule has 0 amide bonds. The summed E-state index contributed by atoms with van der Waals surface area (Å²) in [5.74, 6) is 6.71. The lowest BCUT2D eigenvalue weighted by Gasteiger charge is -2.72. The first-order valence-corrected chi connectivity index (χ1v) is 28.7. The zero-order valence-corrected chi connectivity index (χ0v) is 46.2. The summed E-state index contributed by atoms with van der Waals surface area (Å²) in [6, 6.07) is 36.4. The minimum atomic E-state index is 0.00749. The highest BCUT2D eigenvalue weighted by Crippen LogP contribution is 2.75. The van der Waals surface area contributed by atoms with Crippen molar-refractivity contribution in [3.63, 3.8) is 0 Å². The molecule has 3 heteroatoms. The van der Waals surface area contributed by atoms with Gasteiger partial charge in [-0.15, -0.1) is 0 Å². The van der Waals surface area contributed by atoms with E-state index in [1.54, 1.807) is 27.8 Å². The fraction of sp³-hybridized carbons (Fsp3) is 0.559. The molecule has 7 saturated carbocycles. The third-order valence-electron chi connectivity index (χ3n) is 22.6. The van der Waals surface area contributed by atoms with E-state index in [4.69, 9.17) is 0 Å². The lowest BCUT2D eigenvalue weighted by Crippen LogP contribution is -2.66. The van der Waals surface area contributed by atoms with E-state index in [1.807, 2.05) is 0 Å². The fourth-order valence-corrected chi connectivity index (χ4v) is 18.5. The Morgan fingerprint density at radius 2 is 0.873 bits per heavy atom. The number of rotatable bonds is 3. The number of fused-ring (bicyclic) bond motifs is 6. The second kappa shape index (κ2) is 14.1. The Morgan fingerprint density at radius 1 is 0.423 bits per heavy atom. The van der Waals surface area contributed by atoms with Crippen LogP contribution in [0.15, 0.2) is 84.9 Å². The third kappa shape index (κ3) is 6.25. The summed E-state index contributed by atoms with van der Waals surface area (Å²) in [5, 5.41) is 0. The van der Waals surface area contributed by atoms with Gasteiger partial charge in [-0.1, -0.05) is 133 Å². The minimum Gasteiger partial charge on any atom is -0.311 e. The van der Waals surface area contributed by atoms with E-state index in [0.717, 1.165) is 41.4 Å². The molecule has 0 spiro atoms. The van der Waals surface area contributed by atoms with Crippen LogP contribution in [0.2, 0.25) is 0 Å². The van der Waals surface area contributed by atoms with E-state index in [-0.39, 0.29) is 44.6 Å². The van der Waals surface area contributed by atoms with Crippen LogP contribution in [0.4, 0.5) is 34.1 Å². The molecule has 368 valence electrons. The van der Waals surface area contributed by atoms with Crippen LogP contribution < -0.4 is 26.2 Å². The van der Waals surface area contributed by atoms with Crippen LogP contribution in [-0.2, 0) is 37.9 Å². The Morgan fingerprint density at radius 3 is 1.41 bits per heavy atom. The zero-order valence-electron chi connectivity index (χ0n) is 46.2. The maximum absolute atomic E-state index is 2.86. The summed E-state index contributed by atoms with van der Waals surface area (Å²) in [7, 11) is 0. The molecule has 5 aromatic carbocycles. The van der Waals surface area contributed by atoms with Crippen LogP contribution in [0.1, 0.15) is 200 Å². The average molecular weight is 939 g/mol. The lowest BCUT2D eigenvalue weighted by molar-refractivity contribution is -0.212. The van der Waals surface area contributed by atoms with Crippen LogP contribution in [0.25, 0.3) is 0 Å². The van der Waals surface area contributed by atoms with Gasteiger partial charge in [-0.2, -0.15) is 0 Å². The molecule has 2 heterocycles. The van der Waals surface area contributed by atoms with Gasteiger partial charge >= 0.3 is 0 Å². The van der Waals surface area contributed by atoms with Gasteiger partial charge in [0.25, 0.3) is 6.71 Å². The quantitative estimate of drug-likeness (QED) is 0.163. The van der Waals surface area contributed by atoms with Crippen molar-refractivity contribution < 1.29 is 0 Å². The van der Waals surface area contributed by atoms with Gasteiger partial charge in [0.15, 0.2) is 0 Å². The van der Waals surface area contributed by atoms with E-state index < -0.39 is 0 Å². The molecular formula is C68H83BN2. The molecule has 11 aliphatic rings. The molecule has 8 bridgehead atoms. The van der Waals surface area contributed by atoms with Crippen molar-refractivity contribution in [2.75, 3.05) is 9.80 Å². The van der Waals surface area contributed by atoms with Crippen LogP contribution in [0.3, 0.4) is 0 Å². The molecule has 0 atom stereocenters. The van der Waals surface area contributed by atoms with Crippen LogP contribution in [0, 0.1) is 41.4 Å². The van der Waals surface area contributed by atoms with Crippen molar-refractivity contribution in [2.45, 2.75) is 199 Å². The Kier molecular flexibility index (Phi) is 9.03. The molecule has 5 aromatic rings. The molecule has 0 N–H and O–H groups in total. The molecular weight excluding hydrogens is 856 g/mol. The number of nitrogens with zero attached hydrogens (tertiary/aromatic N) is 2. The standard InChI is InChI=1S/C68H83BN2/c1-62(2,3)40-15-18-43(19-16-40)70-57-22-17-41(63(4,5)6)30-55(57)69-56-34-53-54(67(13,14)26-25-66(53,11)12)35-58(56)71(44-20-21-51-52(33-44)65(9,10)24-23-64(51,7)8)60-32-42(31-59(70)61(60)69)68-36-48-45-27-39-28-46(48)50(38-68)47(29-39)49(45)37-68/h15-22,30-35,39,45-50H,23-29,36-38H2,1-14H3/t39?,45-,46-,47?,48?,49?,50?,68-/m1/s1. The SMILES string of the molecule is CC(C)(C)c1ccc(N2c3ccc(C(C)(C)C)cc3B3c4cc5c(cc4N(c4ccc6c(c4)C(C)(C)CCC6(C)C)c4cc([C@]67CC8C9CC%10C[C@@H]8C(C6)[C@@H](C%10)C9C7)cc2c43)C(C)(C)CCC5(C)C)cc1. The van der Waals surface area contributed by atoms with E-state index in [9.17, 15) is 0 Å². The highest BCUT2D eigenvalue weighted by Gasteiger charge is 2.68. The van der Waals surface area contributed by atoms with Gasteiger partial charge in [0.05, 0.1) is 0 Å². The van der Waals surface area contributed by atoms with E-state index in [2.05, 4.69) is 192 Å². The Balaban J connectivity index is 1.09. The van der Waals surface area contributed by atoms with Gasteiger partial charge in [-0.05, 0) is 247 Å². The second-order valence-electron chi connectivity index (χ2n) is 30.5. The molecule has 0 saturated heterocycles. The van der Waals surface area contributed by atoms with Crippen molar-refractivity contribution in [3.05, 3.63) is 124 Å². The van der Waals surface area contributed by atoms with Crippen molar-refractivity contribution in [1.29, 1.82) is 0 Å². The van der Waals surface area contributed by atoms with E-state index >= 15 is 0 Å². The summed E-state index contributed by atoms with van der Waals surface area (Å²) in [5.41, 5.74) is 24.1. The maximum Gasteiger partial charge on any atom is 0.252 e. The Labute approximate surface area is 429 Å². The van der Waals surface area contributed by atoms with Crippen molar-refractivity contribution in [1.82, 2.24) is 0 Å². The minimum absolute atomic E-state index is 0.00749. The smallest absolute Gasteiger partial charge is 0.252 e. The predicted molar refractivity (Wildman–Crippen MR) is 302 cm³/mol. The molecule has 0 radical (unpaired) electrons. The van der Waals surface area contributed by atoms with Gasteiger partial charge < -0.3 is 9.80 Å². The van der Waals surface area contributed by atoms with E-state index in [0.29, 0.717) is 0 Å². The van der Waals surface area contributed by atoms with Gasteiger partial charge in [-0.3, -0.25) is 0 Å². The summed E-state index contributed by atoms with van der Waals surface area (Å²) < 4.78 is 0. The topological polar surface area (TPSA) is 6.48 Å². The summed E-state index contributed by atoms with van der Waals surface area (Å²) >= 11 is 0.